The third-order valence-corrected chi connectivity index (χ3v) is 16.1. The molecule has 0 bridgehead atoms. The summed E-state index contributed by atoms with van der Waals surface area (Å²) in [6, 6.07) is 86.5. The summed E-state index contributed by atoms with van der Waals surface area (Å²) in [6.45, 7) is 13.7. The van der Waals surface area contributed by atoms with E-state index in [4.69, 9.17) is 4.98 Å². The number of fused-ring (bicyclic) bond motifs is 10. The first kappa shape index (κ1) is 44.9. The fourth-order valence-corrected chi connectivity index (χ4v) is 12.2. The molecule has 3 heterocycles. The van der Waals surface area contributed by atoms with E-state index in [1.165, 1.54) is 93.4 Å². The van der Waals surface area contributed by atoms with Gasteiger partial charge in [0.15, 0.2) is 0 Å². The van der Waals surface area contributed by atoms with E-state index in [-0.39, 0.29) is 17.5 Å². The molecule has 0 aliphatic carbocycles. The molecule has 0 spiro atoms. The summed E-state index contributed by atoms with van der Waals surface area (Å²) >= 11 is 0. The topological polar surface area (TPSA) is 19.4 Å². The molecule has 0 unspecified atom stereocenters. The zero-order valence-corrected chi connectivity index (χ0v) is 43.4. The summed E-state index contributed by atoms with van der Waals surface area (Å²) in [5, 5.41) is 9.97. The van der Waals surface area contributed by atoms with Gasteiger partial charge in [0.25, 0.3) is 6.71 Å². The zero-order valence-electron chi connectivity index (χ0n) is 43.4. The Morgan fingerprint density at radius 3 is 1.13 bits per heavy atom. The van der Waals surface area contributed by atoms with Gasteiger partial charge in [-0.3, -0.25) is 0 Å². The van der Waals surface area contributed by atoms with Crippen molar-refractivity contribution in [3.63, 3.8) is 0 Å². The third kappa shape index (κ3) is 7.45. The van der Waals surface area contributed by atoms with Gasteiger partial charge in [-0.25, -0.2) is 4.98 Å². The number of benzene rings is 11. The van der Waals surface area contributed by atoms with Gasteiger partial charge < -0.3 is 9.80 Å². The fraction of sp³-hybridized carbons (Fsp3) is 0.113. The molecule has 2 aliphatic rings. The van der Waals surface area contributed by atoms with E-state index < -0.39 is 0 Å². The molecule has 0 fully saturated rings. The van der Waals surface area contributed by atoms with E-state index in [1.807, 2.05) is 0 Å². The van der Waals surface area contributed by atoms with E-state index in [0.29, 0.717) is 0 Å². The van der Waals surface area contributed by atoms with Crippen LogP contribution in [0.4, 0.5) is 34.1 Å². The first-order valence-electron chi connectivity index (χ1n) is 26.5. The molecule has 4 heteroatoms. The largest absolute Gasteiger partial charge is 0.311 e. The van der Waals surface area contributed by atoms with Crippen LogP contribution in [0.2, 0.25) is 0 Å². The predicted octanol–water partition coefficient (Wildman–Crippen LogP) is 17.4. The van der Waals surface area contributed by atoms with Crippen molar-refractivity contribution in [3.05, 3.63) is 242 Å². The first-order chi connectivity index (χ1) is 36.4. The van der Waals surface area contributed by atoms with Gasteiger partial charge in [-0.1, -0.05) is 211 Å². The molecule has 75 heavy (non-hydrogen) atoms. The fourth-order valence-electron chi connectivity index (χ4n) is 12.2. The maximum absolute atomic E-state index is 5.38. The van der Waals surface area contributed by atoms with E-state index >= 15 is 0 Å². The Kier molecular flexibility index (Phi) is 10.1. The maximum Gasteiger partial charge on any atom is 0.252 e. The van der Waals surface area contributed by atoms with E-state index in [1.54, 1.807) is 0 Å². The highest BCUT2D eigenvalue weighted by atomic mass is 15.2. The van der Waals surface area contributed by atoms with Gasteiger partial charge in [-0.2, -0.15) is 0 Å². The average Bonchev–Trinajstić information content (AvgIpc) is 3.55. The minimum Gasteiger partial charge on any atom is -0.311 e. The van der Waals surface area contributed by atoms with Crippen LogP contribution >= 0.6 is 0 Å². The number of anilines is 6. The summed E-state index contributed by atoms with van der Waals surface area (Å²) < 4.78 is 0. The second kappa shape index (κ2) is 16.9. The smallest absolute Gasteiger partial charge is 0.252 e. The Balaban J connectivity index is 1.13. The molecule has 2 aliphatic heterocycles. The SMILES string of the molecule is CC(C)(C)c1ccc(N2c3cc4c(ccc5ccccc54)cc3B3c4cc5ccc6ccccc6c5cc4N(c4ccc(C(C)(C)C)cc4)c4cc(-c5cc(-c6ccccc6)nc(-c6ccccc6)c5)cc2c43)cc1. The van der Waals surface area contributed by atoms with Crippen LogP contribution in [0, 0.1) is 0 Å². The van der Waals surface area contributed by atoms with Gasteiger partial charge in [0.2, 0.25) is 0 Å². The summed E-state index contributed by atoms with van der Waals surface area (Å²) in [5.41, 5.74) is 19.7. The Morgan fingerprint density at radius 1 is 0.320 bits per heavy atom. The van der Waals surface area contributed by atoms with Crippen molar-refractivity contribution in [2.45, 2.75) is 52.4 Å². The highest BCUT2D eigenvalue weighted by Gasteiger charge is 2.44. The minimum absolute atomic E-state index is 0.00720. The number of hydrogen-bond acceptors (Lipinski definition) is 3. The van der Waals surface area contributed by atoms with Crippen LogP contribution < -0.4 is 26.2 Å². The number of hydrogen-bond donors (Lipinski definition) is 0. The zero-order chi connectivity index (χ0) is 50.7. The van der Waals surface area contributed by atoms with E-state index in [9.17, 15) is 0 Å². The van der Waals surface area contributed by atoms with Gasteiger partial charge in [-0.15, -0.1) is 0 Å². The predicted molar refractivity (Wildman–Crippen MR) is 322 cm³/mol. The van der Waals surface area contributed by atoms with Crippen LogP contribution in [-0.4, -0.2) is 11.7 Å². The number of rotatable bonds is 5. The Bertz CT molecular complexity index is 3980. The standard InChI is InChI=1S/C71H56BN3/c1-70(2,3)53-29-33-55(34-30-53)74-65-43-59-49(27-25-45-17-13-15-23-57(45)59)37-61(65)72-62-38-50-28-26-46-18-14-16-24-58(46)60(50)44-66(62)75(56-35-31-54(32-36-56)71(4,5)6)68-42-52(41-67(74)69(68)72)51-39-63(47-19-9-7-10-20-47)73-64(40-51)48-21-11-8-12-22-48/h7-44H,1-6H3. The maximum atomic E-state index is 5.38. The van der Waals surface area contributed by atoms with Crippen LogP contribution in [0.15, 0.2) is 231 Å². The van der Waals surface area contributed by atoms with Gasteiger partial charge in [0, 0.05) is 45.3 Å². The van der Waals surface area contributed by atoms with Crippen molar-refractivity contribution in [1.29, 1.82) is 0 Å². The molecule has 11 aromatic carbocycles. The Labute approximate surface area is 440 Å². The molecule has 1 aromatic heterocycles. The first-order valence-corrected chi connectivity index (χ1v) is 26.5. The van der Waals surface area contributed by atoms with Gasteiger partial charge in [0.1, 0.15) is 0 Å². The van der Waals surface area contributed by atoms with Crippen molar-refractivity contribution in [2.24, 2.45) is 0 Å². The molecular weight excluding hydrogens is 906 g/mol. The van der Waals surface area contributed by atoms with E-state index in [2.05, 4.69) is 282 Å². The highest BCUT2D eigenvalue weighted by Crippen LogP contribution is 2.49. The lowest BCUT2D eigenvalue weighted by atomic mass is 9.33. The number of pyridine rings is 1. The highest BCUT2D eigenvalue weighted by molar-refractivity contribution is 7.00. The molecule has 14 rings (SSSR count). The molecule has 3 nitrogen and oxygen atoms in total. The molecule has 0 atom stereocenters. The third-order valence-electron chi connectivity index (χ3n) is 16.1. The van der Waals surface area contributed by atoms with Crippen molar-refractivity contribution in [1.82, 2.24) is 4.98 Å². The normalized spacial score (nSPS) is 13.1. The van der Waals surface area contributed by atoms with E-state index in [0.717, 1.165) is 45.0 Å². The van der Waals surface area contributed by atoms with Crippen molar-refractivity contribution in [3.8, 4) is 33.6 Å². The van der Waals surface area contributed by atoms with Gasteiger partial charge in [-0.05, 0) is 153 Å². The lowest BCUT2D eigenvalue weighted by Gasteiger charge is -2.45. The molecule has 12 aromatic rings. The van der Waals surface area contributed by atoms with Crippen molar-refractivity contribution in [2.75, 3.05) is 9.80 Å². The second-order valence-electron chi connectivity index (χ2n) is 22.8. The van der Waals surface area contributed by atoms with Crippen LogP contribution in [0.25, 0.3) is 76.7 Å². The second-order valence-corrected chi connectivity index (χ2v) is 22.8. The molecule has 0 saturated heterocycles. The van der Waals surface area contributed by atoms with Crippen LogP contribution in [0.3, 0.4) is 0 Å². The summed E-state index contributed by atoms with van der Waals surface area (Å²) in [6.07, 6.45) is 0. The molecule has 0 N–H and O–H groups in total. The lowest BCUT2D eigenvalue weighted by Crippen LogP contribution is -2.61. The summed E-state index contributed by atoms with van der Waals surface area (Å²) in [5.74, 6) is 0. The monoisotopic (exact) mass is 961 g/mol. The van der Waals surface area contributed by atoms with Crippen molar-refractivity contribution >= 4 is 100 Å². The molecule has 358 valence electrons. The molecule has 0 radical (unpaired) electrons. The van der Waals surface area contributed by atoms with Crippen LogP contribution in [-0.2, 0) is 10.8 Å². The van der Waals surface area contributed by atoms with Crippen LogP contribution in [0.5, 0.6) is 0 Å². The quantitative estimate of drug-likeness (QED) is 0.127. The van der Waals surface area contributed by atoms with Crippen LogP contribution in [0.1, 0.15) is 52.7 Å². The lowest BCUT2D eigenvalue weighted by molar-refractivity contribution is 0.590. The summed E-state index contributed by atoms with van der Waals surface area (Å²) in [7, 11) is 0. The van der Waals surface area contributed by atoms with Gasteiger partial charge in [0.05, 0.1) is 11.4 Å². The minimum atomic E-state index is -0.0896. The molecular formula is C71H56BN3. The Hall–Kier alpha value is -8.73. The number of aromatic nitrogens is 1. The molecule has 0 saturated carbocycles. The average molecular weight is 962 g/mol. The number of nitrogens with zero attached hydrogens (tertiary/aromatic N) is 3. The van der Waals surface area contributed by atoms with Gasteiger partial charge >= 0.3 is 0 Å². The Morgan fingerprint density at radius 2 is 0.707 bits per heavy atom. The molecule has 0 amide bonds. The van der Waals surface area contributed by atoms with Crippen molar-refractivity contribution < 1.29 is 0 Å². The summed E-state index contributed by atoms with van der Waals surface area (Å²) in [4.78, 5) is 10.5.